The Labute approximate surface area is 139 Å². The van der Waals surface area contributed by atoms with Gasteiger partial charge in [0.1, 0.15) is 0 Å². The second-order valence-corrected chi connectivity index (χ2v) is 6.22. The molecule has 2 aromatic rings. The summed E-state index contributed by atoms with van der Waals surface area (Å²) in [6.07, 6.45) is 6.57. The lowest BCUT2D eigenvalue weighted by Gasteiger charge is -2.39. The Bertz CT molecular complexity index is 630. The van der Waals surface area contributed by atoms with E-state index < -0.39 is 0 Å². The molecule has 2 aromatic carbocycles. The Kier molecular flexibility index (Phi) is 5.47. The molecule has 1 heterocycles. The molecule has 118 valence electrons. The van der Waals surface area contributed by atoms with E-state index in [-0.39, 0.29) is 0 Å². The Morgan fingerprint density at radius 1 is 1.04 bits per heavy atom. The van der Waals surface area contributed by atoms with Gasteiger partial charge in [-0.3, -0.25) is 4.90 Å². The maximum Gasteiger partial charge on any atom is 0.0576 e. The van der Waals surface area contributed by atoms with Gasteiger partial charge in [0.25, 0.3) is 0 Å². The van der Waals surface area contributed by atoms with Crippen molar-refractivity contribution in [3.8, 4) is 12.3 Å². The van der Waals surface area contributed by atoms with Crippen LogP contribution >= 0.6 is 0 Å². The molecule has 0 aliphatic carbocycles. The summed E-state index contributed by atoms with van der Waals surface area (Å²) >= 11 is 0. The Morgan fingerprint density at radius 2 is 1.74 bits per heavy atom. The van der Waals surface area contributed by atoms with Gasteiger partial charge in [-0.15, -0.1) is 6.42 Å². The lowest BCUT2D eigenvalue weighted by molar-refractivity contribution is 0.169. The smallest absolute Gasteiger partial charge is 0.0576 e. The van der Waals surface area contributed by atoms with Crippen LogP contribution in [0, 0.1) is 12.3 Å². The van der Waals surface area contributed by atoms with E-state index in [0.29, 0.717) is 18.5 Å². The first-order valence-electron chi connectivity index (χ1n) is 8.35. The first-order valence-corrected chi connectivity index (χ1v) is 8.35. The van der Waals surface area contributed by atoms with Crippen LogP contribution in [0.3, 0.4) is 0 Å². The highest BCUT2D eigenvalue weighted by Gasteiger charge is 2.29. The zero-order chi connectivity index (χ0) is 15.9. The molecule has 0 amide bonds. The summed E-state index contributed by atoms with van der Waals surface area (Å²) < 4.78 is 0. The molecule has 1 aliphatic rings. The molecule has 3 rings (SSSR count). The van der Waals surface area contributed by atoms with Crippen molar-refractivity contribution < 1.29 is 0 Å². The molecule has 0 aromatic heterocycles. The first-order chi connectivity index (χ1) is 11.4. The number of nitrogens with zero attached hydrogens (tertiary/aromatic N) is 1. The zero-order valence-electron chi connectivity index (χ0n) is 13.5. The van der Waals surface area contributed by atoms with Crippen molar-refractivity contribution in [3.63, 3.8) is 0 Å². The monoisotopic (exact) mass is 304 g/mol. The molecule has 2 nitrogen and oxygen atoms in total. The van der Waals surface area contributed by atoms with E-state index in [0.717, 1.165) is 26.1 Å². The standard InChI is InChI=1S/C21H24N2/c1-2-14-22-21-13-15-23(16-18-9-5-3-6-10-18)17-20(21)19-11-7-4-8-12-19/h1,3-12,20-22H,13-17H2/t20-,21+/m1/s1. The van der Waals surface area contributed by atoms with Gasteiger partial charge >= 0.3 is 0 Å². The molecular weight excluding hydrogens is 280 g/mol. The van der Waals surface area contributed by atoms with Crippen LogP contribution in [0.1, 0.15) is 23.5 Å². The second kappa shape index (κ2) is 7.97. The SMILES string of the molecule is C#CCN[C@H]1CCN(Cc2ccccc2)C[C@@H]1c1ccccc1. The predicted molar refractivity (Wildman–Crippen MR) is 96.1 cm³/mol. The molecular formula is C21H24N2. The third kappa shape index (κ3) is 4.22. The molecule has 0 spiro atoms. The van der Waals surface area contributed by atoms with Crippen LogP contribution in [-0.4, -0.2) is 30.6 Å². The summed E-state index contributed by atoms with van der Waals surface area (Å²) in [5.41, 5.74) is 2.79. The lowest BCUT2D eigenvalue weighted by Crippen LogP contribution is -2.47. The fourth-order valence-corrected chi connectivity index (χ4v) is 3.48. The normalized spacial score (nSPS) is 21.7. The number of piperidine rings is 1. The summed E-state index contributed by atoms with van der Waals surface area (Å²) in [6, 6.07) is 22.0. The molecule has 0 bridgehead atoms. The van der Waals surface area contributed by atoms with Gasteiger partial charge in [0.15, 0.2) is 0 Å². The number of likely N-dealkylation sites (tertiary alicyclic amines) is 1. The van der Waals surface area contributed by atoms with E-state index in [1.54, 1.807) is 0 Å². The van der Waals surface area contributed by atoms with Gasteiger partial charge in [-0.05, 0) is 17.5 Å². The quantitative estimate of drug-likeness (QED) is 0.853. The van der Waals surface area contributed by atoms with Crippen LogP contribution in [0.2, 0.25) is 0 Å². The highest BCUT2D eigenvalue weighted by Crippen LogP contribution is 2.28. The summed E-state index contributed by atoms with van der Waals surface area (Å²) in [5, 5.41) is 3.54. The first kappa shape index (κ1) is 15.8. The lowest BCUT2D eigenvalue weighted by atomic mass is 9.85. The number of benzene rings is 2. The molecule has 0 radical (unpaired) electrons. The highest BCUT2D eigenvalue weighted by molar-refractivity contribution is 5.23. The van der Waals surface area contributed by atoms with Crippen molar-refractivity contribution in [1.82, 2.24) is 10.2 Å². The van der Waals surface area contributed by atoms with E-state index in [1.165, 1.54) is 11.1 Å². The van der Waals surface area contributed by atoms with Gasteiger partial charge in [-0.1, -0.05) is 66.6 Å². The van der Waals surface area contributed by atoms with E-state index >= 15 is 0 Å². The third-order valence-corrected chi connectivity index (χ3v) is 4.64. The minimum atomic E-state index is 0.459. The number of hydrogen-bond donors (Lipinski definition) is 1. The van der Waals surface area contributed by atoms with Crippen molar-refractivity contribution in [3.05, 3.63) is 71.8 Å². The zero-order valence-corrected chi connectivity index (χ0v) is 13.5. The average molecular weight is 304 g/mol. The van der Waals surface area contributed by atoms with Gasteiger partial charge in [0, 0.05) is 31.6 Å². The summed E-state index contributed by atoms with van der Waals surface area (Å²) in [5.74, 6) is 3.20. The van der Waals surface area contributed by atoms with E-state index in [1.807, 2.05) is 0 Å². The van der Waals surface area contributed by atoms with Crippen molar-refractivity contribution in [2.24, 2.45) is 0 Å². The fourth-order valence-electron chi connectivity index (χ4n) is 3.48. The minimum Gasteiger partial charge on any atom is -0.303 e. The predicted octanol–water partition coefficient (Wildman–Crippen LogP) is 3.27. The molecule has 2 atom stereocenters. The van der Waals surface area contributed by atoms with E-state index in [9.17, 15) is 0 Å². The fraction of sp³-hybridized carbons (Fsp3) is 0.333. The molecule has 0 saturated carbocycles. The van der Waals surface area contributed by atoms with Gasteiger partial charge in [-0.2, -0.15) is 0 Å². The van der Waals surface area contributed by atoms with Crippen molar-refractivity contribution in [2.45, 2.75) is 24.9 Å². The van der Waals surface area contributed by atoms with E-state index in [2.05, 4.69) is 76.8 Å². The minimum absolute atomic E-state index is 0.459. The highest BCUT2D eigenvalue weighted by atomic mass is 15.1. The topological polar surface area (TPSA) is 15.3 Å². The molecule has 0 unspecified atom stereocenters. The molecule has 2 heteroatoms. The van der Waals surface area contributed by atoms with Crippen LogP contribution in [-0.2, 0) is 6.54 Å². The maximum absolute atomic E-state index is 5.44. The van der Waals surface area contributed by atoms with Gasteiger partial charge < -0.3 is 5.32 Å². The van der Waals surface area contributed by atoms with Crippen LogP contribution in [0.15, 0.2) is 60.7 Å². The Balaban J connectivity index is 1.72. The average Bonchev–Trinajstić information content (AvgIpc) is 2.62. The summed E-state index contributed by atoms with van der Waals surface area (Å²) in [4.78, 5) is 2.56. The van der Waals surface area contributed by atoms with Crippen molar-refractivity contribution in [2.75, 3.05) is 19.6 Å². The molecule has 1 N–H and O–H groups in total. The van der Waals surface area contributed by atoms with Crippen molar-refractivity contribution in [1.29, 1.82) is 0 Å². The largest absolute Gasteiger partial charge is 0.303 e. The van der Waals surface area contributed by atoms with E-state index in [4.69, 9.17) is 6.42 Å². The van der Waals surface area contributed by atoms with Gasteiger partial charge in [0.2, 0.25) is 0 Å². The Morgan fingerprint density at radius 3 is 2.43 bits per heavy atom. The number of nitrogens with one attached hydrogen (secondary N) is 1. The molecule has 1 fully saturated rings. The third-order valence-electron chi connectivity index (χ3n) is 4.64. The molecule has 1 saturated heterocycles. The van der Waals surface area contributed by atoms with Gasteiger partial charge in [0.05, 0.1) is 6.54 Å². The second-order valence-electron chi connectivity index (χ2n) is 6.22. The van der Waals surface area contributed by atoms with Gasteiger partial charge in [-0.25, -0.2) is 0 Å². The number of terminal acetylenes is 1. The van der Waals surface area contributed by atoms with Crippen LogP contribution in [0.25, 0.3) is 0 Å². The molecule has 23 heavy (non-hydrogen) atoms. The summed E-state index contributed by atoms with van der Waals surface area (Å²) in [6.45, 7) is 3.85. The molecule has 1 aliphatic heterocycles. The summed E-state index contributed by atoms with van der Waals surface area (Å²) in [7, 11) is 0. The van der Waals surface area contributed by atoms with Crippen molar-refractivity contribution >= 4 is 0 Å². The van der Waals surface area contributed by atoms with Crippen LogP contribution in [0.4, 0.5) is 0 Å². The van der Waals surface area contributed by atoms with Crippen LogP contribution in [0.5, 0.6) is 0 Å². The van der Waals surface area contributed by atoms with Crippen LogP contribution < -0.4 is 5.32 Å². The Hall–Kier alpha value is -2.08. The number of rotatable bonds is 5. The maximum atomic E-state index is 5.44. The number of hydrogen-bond acceptors (Lipinski definition) is 2.